The van der Waals surface area contributed by atoms with E-state index in [0.29, 0.717) is 10.6 Å². The molecule has 156 valence electrons. The maximum atomic E-state index is 13.3. The van der Waals surface area contributed by atoms with Crippen molar-refractivity contribution in [3.05, 3.63) is 106 Å². The van der Waals surface area contributed by atoms with E-state index in [1.807, 2.05) is 93.6 Å². The number of benzene rings is 3. The first-order valence-electron chi connectivity index (χ1n) is 10.2. The maximum Gasteiger partial charge on any atom is 0.278 e. The molecule has 1 aliphatic heterocycles. The van der Waals surface area contributed by atoms with Gasteiger partial charge in [-0.1, -0.05) is 71.9 Å². The van der Waals surface area contributed by atoms with Crippen molar-refractivity contribution < 1.29 is 9.59 Å². The van der Waals surface area contributed by atoms with Crippen molar-refractivity contribution in [2.75, 3.05) is 5.32 Å². The summed E-state index contributed by atoms with van der Waals surface area (Å²) >= 11 is 1.33. The average Bonchev–Trinajstić information content (AvgIpc) is 2.97. The summed E-state index contributed by atoms with van der Waals surface area (Å²) in [7, 11) is 0. The first kappa shape index (κ1) is 20.9. The Balaban J connectivity index is 1.70. The Morgan fingerprint density at radius 3 is 2.19 bits per heavy atom. The van der Waals surface area contributed by atoms with Crippen molar-refractivity contribution in [3.63, 3.8) is 0 Å². The van der Waals surface area contributed by atoms with Crippen LogP contribution in [0.4, 0.5) is 5.69 Å². The second kappa shape index (κ2) is 8.82. The van der Waals surface area contributed by atoms with Gasteiger partial charge in [-0.15, -0.1) is 0 Å². The van der Waals surface area contributed by atoms with Crippen LogP contribution in [0, 0.1) is 20.8 Å². The molecule has 1 N–H and O–H groups in total. The van der Waals surface area contributed by atoms with Gasteiger partial charge in [0.1, 0.15) is 10.6 Å². The fourth-order valence-electron chi connectivity index (χ4n) is 3.40. The topological polar surface area (TPSA) is 49.4 Å². The van der Waals surface area contributed by atoms with Crippen LogP contribution in [-0.2, 0) is 16.1 Å². The van der Waals surface area contributed by atoms with Crippen molar-refractivity contribution in [2.45, 2.75) is 32.2 Å². The fraction of sp³-hybridized carbons (Fsp3) is 0.154. The molecule has 5 heteroatoms. The van der Waals surface area contributed by atoms with E-state index < -0.39 is 0 Å². The molecule has 4 rings (SSSR count). The van der Waals surface area contributed by atoms with Crippen molar-refractivity contribution >= 4 is 29.3 Å². The number of nitrogens with zero attached hydrogens (tertiary/aromatic N) is 1. The highest BCUT2D eigenvalue weighted by Crippen LogP contribution is 2.37. The van der Waals surface area contributed by atoms with Crippen LogP contribution in [0.25, 0.3) is 0 Å². The first-order chi connectivity index (χ1) is 14.9. The molecule has 2 amide bonds. The number of carbonyl (C=O) groups is 2. The predicted octanol–water partition coefficient (Wildman–Crippen LogP) is 5.60. The number of aryl methyl sites for hydroxylation is 3. The molecule has 0 spiro atoms. The lowest BCUT2D eigenvalue weighted by atomic mass is 10.1. The number of hydrogen-bond donors (Lipinski definition) is 1. The zero-order chi connectivity index (χ0) is 22.0. The number of nitrogens with one attached hydrogen (secondary N) is 1. The van der Waals surface area contributed by atoms with Crippen molar-refractivity contribution in [2.24, 2.45) is 0 Å². The molecule has 31 heavy (non-hydrogen) atoms. The van der Waals surface area contributed by atoms with Gasteiger partial charge < -0.3 is 5.32 Å². The molecule has 0 aromatic heterocycles. The lowest BCUT2D eigenvalue weighted by Gasteiger charge is -2.16. The number of carbonyl (C=O) groups excluding carboxylic acids is 2. The molecule has 1 aliphatic rings. The van der Waals surface area contributed by atoms with Gasteiger partial charge in [-0.3, -0.25) is 14.5 Å². The lowest BCUT2D eigenvalue weighted by molar-refractivity contribution is -0.137. The van der Waals surface area contributed by atoms with Gasteiger partial charge >= 0.3 is 0 Å². The van der Waals surface area contributed by atoms with Gasteiger partial charge in [0.25, 0.3) is 11.8 Å². The number of rotatable bonds is 6. The van der Waals surface area contributed by atoms with Crippen LogP contribution >= 0.6 is 11.8 Å². The van der Waals surface area contributed by atoms with Gasteiger partial charge in [0.05, 0.1) is 6.54 Å². The molecule has 0 radical (unpaired) electrons. The van der Waals surface area contributed by atoms with E-state index in [-0.39, 0.29) is 18.4 Å². The molecular weight excluding hydrogens is 404 g/mol. The molecule has 0 unspecified atom stereocenters. The molecule has 0 aliphatic carbocycles. The van der Waals surface area contributed by atoms with Gasteiger partial charge in [-0.05, 0) is 55.7 Å². The minimum atomic E-state index is -0.302. The van der Waals surface area contributed by atoms with Gasteiger partial charge in [-0.2, -0.15) is 0 Å². The predicted molar refractivity (Wildman–Crippen MR) is 126 cm³/mol. The van der Waals surface area contributed by atoms with Gasteiger partial charge in [0.2, 0.25) is 0 Å². The number of imide groups is 1. The highest BCUT2D eigenvalue weighted by atomic mass is 32.2. The van der Waals surface area contributed by atoms with Gasteiger partial charge in [0, 0.05) is 10.6 Å². The summed E-state index contributed by atoms with van der Waals surface area (Å²) in [5.74, 6) is -0.573. The number of anilines is 1. The Kier molecular flexibility index (Phi) is 5.96. The van der Waals surface area contributed by atoms with E-state index in [1.165, 1.54) is 16.7 Å². The molecule has 3 aromatic rings. The Labute approximate surface area is 187 Å². The SMILES string of the molecule is Cc1ccc(SC2=C(Nc3cc(C)ccc3C)C(=O)N(Cc3ccccc3)C2=O)cc1. The highest BCUT2D eigenvalue weighted by molar-refractivity contribution is 8.04. The third-order valence-electron chi connectivity index (χ3n) is 5.20. The minimum absolute atomic E-state index is 0.244. The molecule has 1 heterocycles. The van der Waals surface area contributed by atoms with E-state index in [4.69, 9.17) is 0 Å². The molecule has 0 bridgehead atoms. The lowest BCUT2D eigenvalue weighted by Crippen LogP contribution is -2.32. The van der Waals surface area contributed by atoms with Crippen LogP contribution in [0.2, 0.25) is 0 Å². The van der Waals surface area contributed by atoms with E-state index in [9.17, 15) is 9.59 Å². The zero-order valence-corrected chi connectivity index (χ0v) is 18.6. The normalized spacial score (nSPS) is 13.8. The summed E-state index contributed by atoms with van der Waals surface area (Å²) in [6.07, 6.45) is 0. The molecule has 0 saturated carbocycles. The number of hydrogen-bond acceptors (Lipinski definition) is 4. The zero-order valence-electron chi connectivity index (χ0n) is 17.8. The van der Waals surface area contributed by atoms with Crippen LogP contribution < -0.4 is 5.32 Å². The van der Waals surface area contributed by atoms with Crippen molar-refractivity contribution in [1.29, 1.82) is 0 Å². The summed E-state index contributed by atoms with van der Waals surface area (Å²) in [5, 5.41) is 3.27. The quantitative estimate of drug-likeness (QED) is 0.520. The Morgan fingerprint density at radius 1 is 0.806 bits per heavy atom. The minimum Gasteiger partial charge on any atom is -0.350 e. The highest BCUT2D eigenvalue weighted by Gasteiger charge is 2.39. The standard InChI is InChI=1S/C26H24N2O2S/c1-17-10-13-21(14-11-17)31-24-23(27-22-15-18(2)9-12-19(22)3)25(29)28(26(24)30)16-20-7-5-4-6-8-20/h4-15,27H,16H2,1-3H3. The van der Waals surface area contributed by atoms with E-state index in [0.717, 1.165) is 32.8 Å². The van der Waals surface area contributed by atoms with Crippen LogP contribution in [-0.4, -0.2) is 16.7 Å². The van der Waals surface area contributed by atoms with E-state index in [1.54, 1.807) is 0 Å². The summed E-state index contributed by atoms with van der Waals surface area (Å²) in [5.41, 5.74) is 5.32. The second-order valence-corrected chi connectivity index (χ2v) is 8.83. The smallest absolute Gasteiger partial charge is 0.278 e. The molecule has 0 saturated heterocycles. The largest absolute Gasteiger partial charge is 0.350 e. The second-order valence-electron chi connectivity index (χ2n) is 7.74. The molecule has 4 nitrogen and oxygen atoms in total. The van der Waals surface area contributed by atoms with E-state index >= 15 is 0 Å². The molecular formula is C26H24N2O2S. The summed E-state index contributed by atoms with van der Waals surface area (Å²) in [4.78, 5) is 29.3. The summed E-state index contributed by atoms with van der Waals surface area (Å²) in [6.45, 7) is 6.25. The van der Waals surface area contributed by atoms with Crippen LogP contribution in [0.15, 0.2) is 88.3 Å². The van der Waals surface area contributed by atoms with Crippen LogP contribution in [0.3, 0.4) is 0 Å². The van der Waals surface area contributed by atoms with Crippen LogP contribution in [0.1, 0.15) is 22.3 Å². The monoisotopic (exact) mass is 428 g/mol. The van der Waals surface area contributed by atoms with Crippen LogP contribution in [0.5, 0.6) is 0 Å². The van der Waals surface area contributed by atoms with Gasteiger partial charge in [0.15, 0.2) is 0 Å². The number of thioether (sulfide) groups is 1. The first-order valence-corrected chi connectivity index (χ1v) is 11.0. The van der Waals surface area contributed by atoms with E-state index in [2.05, 4.69) is 5.32 Å². The van der Waals surface area contributed by atoms with Crippen molar-refractivity contribution in [1.82, 2.24) is 4.90 Å². The van der Waals surface area contributed by atoms with Crippen molar-refractivity contribution in [3.8, 4) is 0 Å². The summed E-state index contributed by atoms with van der Waals surface area (Å²) < 4.78 is 0. The Morgan fingerprint density at radius 2 is 1.48 bits per heavy atom. The third kappa shape index (κ3) is 4.57. The summed E-state index contributed by atoms with van der Waals surface area (Å²) in [6, 6.07) is 23.6. The molecule has 0 atom stereocenters. The fourth-order valence-corrected chi connectivity index (χ4v) is 4.34. The Hall–Kier alpha value is -3.31. The number of amides is 2. The molecule has 0 fully saturated rings. The Bertz CT molecular complexity index is 1170. The maximum absolute atomic E-state index is 13.3. The van der Waals surface area contributed by atoms with Gasteiger partial charge in [-0.25, -0.2) is 0 Å². The average molecular weight is 429 g/mol. The molecule has 3 aromatic carbocycles. The third-order valence-corrected chi connectivity index (χ3v) is 6.29.